The van der Waals surface area contributed by atoms with E-state index >= 15 is 8.78 Å². The normalized spacial score (nSPS) is 22.9. The van der Waals surface area contributed by atoms with Crippen molar-refractivity contribution >= 4 is 53.2 Å². The number of imide groups is 1. The number of hydrogen-bond acceptors (Lipinski definition) is 9. The van der Waals surface area contributed by atoms with Crippen molar-refractivity contribution in [3.05, 3.63) is 106 Å². The van der Waals surface area contributed by atoms with E-state index in [4.69, 9.17) is 36.5 Å². The van der Waals surface area contributed by atoms with Crippen LogP contribution in [0.15, 0.2) is 77.8 Å². The molecule has 0 unspecified atom stereocenters. The molecule has 380 valence electrons. The van der Waals surface area contributed by atoms with Gasteiger partial charge in [-0.3, -0.25) is 34.4 Å². The van der Waals surface area contributed by atoms with Crippen LogP contribution in [0, 0.1) is 35.3 Å². The quantitative estimate of drug-likeness (QED) is 0.118. The molecule has 4 aromatic rings. The first-order chi connectivity index (χ1) is 34.7. The number of carbonyl (C=O) groups excluding carboxylic acids is 5. The van der Waals surface area contributed by atoms with Crippen molar-refractivity contribution in [2.45, 2.75) is 82.7 Å². The summed E-state index contributed by atoms with van der Waals surface area (Å²) in [4.78, 5) is 73.6. The Morgan fingerprint density at radius 3 is 2.18 bits per heavy atom. The number of fused-ring (bicyclic) bond motifs is 1. The summed E-state index contributed by atoms with van der Waals surface area (Å²) in [5.74, 6) is -1.58. The summed E-state index contributed by atoms with van der Waals surface area (Å²) in [7, 11) is 1.29. The van der Waals surface area contributed by atoms with E-state index in [1.807, 2.05) is 48.4 Å². The molecule has 72 heavy (non-hydrogen) atoms. The number of halogens is 3. The molecule has 4 heterocycles. The fourth-order valence-corrected chi connectivity index (χ4v) is 11.8. The largest absolute Gasteiger partial charge is 0.494 e. The van der Waals surface area contributed by atoms with Crippen molar-refractivity contribution in [2.75, 3.05) is 57.9 Å². The van der Waals surface area contributed by atoms with Gasteiger partial charge in [-0.1, -0.05) is 48.9 Å². The molecule has 9 rings (SSSR count). The van der Waals surface area contributed by atoms with Gasteiger partial charge in [-0.15, -0.1) is 0 Å². The molecule has 0 aromatic heterocycles. The first kappa shape index (κ1) is 50.4. The first-order valence-corrected chi connectivity index (χ1v) is 25.5. The summed E-state index contributed by atoms with van der Waals surface area (Å²) in [5.41, 5.74) is 5.97. The van der Waals surface area contributed by atoms with Crippen LogP contribution < -0.4 is 30.2 Å². The predicted molar refractivity (Wildman–Crippen MR) is 269 cm³/mol. The average molecular weight is 1010 g/mol. The van der Waals surface area contributed by atoms with E-state index in [2.05, 4.69) is 10.2 Å². The maximum atomic E-state index is 16.2. The van der Waals surface area contributed by atoms with Crippen LogP contribution in [-0.4, -0.2) is 98.7 Å². The van der Waals surface area contributed by atoms with Crippen LogP contribution in [-0.2, 0) is 20.0 Å². The van der Waals surface area contributed by atoms with Crippen LogP contribution in [0.3, 0.4) is 0 Å². The Morgan fingerprint density at radius 1 is 0.875 bits per heavy atom. The third kappa shape index (κ3) is 10.4. The van der Waals surface area contributed by atoms with Crippen LogP contribution in [0.1, 0.15) is 98.5 Å². The van der Waals surface area contributed by atoms with Gasteiger partial charge in [0.15, 0.2) is 23.8 Å². The second kappa shape index (κ2) is 21.7. The van der Waals surface area contributed by atoms with Gasteiger partial charge in [0.1, 0.15) is 17.3 Å². The molecule has 1 saturated carbocycles. The minimum Gasteiger partial charge on any atom is -0.494 e. The Bertz CT molecular complexity index is 2720. The molecule has 1 aliphatic carbocycles. The molecule has 0 spiro atoms. The highest BCUT2D eigenvalue weighted by Crippen LogP contribution is 2.57. The SMILES string of the molecule is COc1ccc(C(N)=O)c(-c2c(Cl)c(F)cc3c2[C@H](C)[C@@](CN=CC2CCC(C(=O)N4CCC(CC5CCN(C(=O)COc6ccc(N7CCC(=O)NC7=O)cc6)CC5)CC4)CC2)(c2ccccc2)O3)c1F. The third-order valence-electron chi connectivity index (χ3n) is 15.6. The van der Waals surface area contributed by atoms with E-state index in [0.717, 1.165) is 76.4 Å². The summed E-state index contributed by atoms with van der Waals surface area (Å²) in [6.45, 7) is 5.21. The number of rotatable bonds is 14. The summed E-state index contributed by atoms with van der Waals surface area (Å²) in [5, 5.41) is 1.94. The number of primary amides is 1. The van der Waals surface area contributed by atoms with Gasteiger partial charge in [-0.25, -0.2) is 13.6 Å². The number of urea groups is 1. The molecule has 5 aliphatic rings. The van der Waals surface area contributed by atoms with E-state index < -0.39 is 35.1 Å². The Balaban J connectivity index is 0.741. The van der Waals surface area contributed by atoms with Crippen LogP contribution in [0.25, 0.3) is 11.1 Å². The lowest BCUT2D eigenvalue weighted by atomic mass is 9.77. The van der Waals surface area contributed by atoms with Crippen molar-refractivity contribution in [1.82, 2.24) is 15.1 Å². The average Bonchev–Trinajstić information content (AvgIpc) is 3.67. The highest BCUT2D eigenvalue weighted by molar-refractivity contribution is 6.34. The number of nitrogens with one attached hydrogen (secondary N) is 1. The van der Waals surface area contributed by atoms with E-state index in [1.54, 1.807) is 24.3 Å². The molecule has 0 bridgehead atoms. The zero-order valence-electron chi connectivity index (χ0n) is 40.7. The number of carbonyl (C=O) groups is 5. The number of nitrogens with zero attached hydrogens (tertiary/aromatic N) is 4. The number of ether oxygens (including phenoxy) is 3. The number of likely N-dealkylation sites (tertiary alicyclic amines) is 2. The van der Waals surface area contributed by atoms with Crippen LogP contribution >= 0.6 is 11.6 Å². The highest BCUT2D eigenvalue weighted by atomic mass is 35.5. The minimum absolute atomic E-state index is 0.0249. The van der Waals surface area contributed by atoms with E-state index in [9.17, 15) is 24.0 Å². The number of methoxy groups -OCH3 is 1. The molecule has 0 radical (unpaired) electrons. The van der Waals surface area contributed by atoms with E-state index in [-0.39, 0.29) is 82.3 Å². The maximum absolute atomic E-state index is 16.2. The van der Waals surface area contributed by atoms with Crippen molar-refractivity contribution in [3.63, 3.8) is 0 Å². The van der Waals surface area contributed by atoms with Gasteiger partial charge in [-0.05, 0) is 118 Å². The second-order valence-electron chi connectivity index (χ2n) is 19.9. The van der Waals surface area contributed by atoms with E-state index in [0.29, 0.717) is 48.5 Å². The monoisotopic (exact) mass is 1010 g/mol. The lowest BCUT2D eigenvalue weighted by Gasteiger charge is -2.38. The van der Waals surface area contributed by atoms with Gasteiger partial charge in [0.25, 0.3) is 5.91 Å². The molecule has 6 amide bonds. The zero-order chi connectivity index (χ0) is 50.7. The van der Waals surface area contributed by atoms with Crippen LogP contribution in [0.4, 0.5) is 19.3 Å². The summed E-state index contributed by atoms with van der Waals surface area (Å²) >= 11 is 6.67. The molecule has 2 atom stereocenters. The molecule has 17 heteroatoms. The van der Waals surface area contributed by atoms with Crippen molar-refractivity contribution in [3.8, 4) is 28.4 Å². The smallest absolute Gasteiger partial charge is 0.328 e. The van der Waals surface area contributed by atoms with Gasteiger partial charge in [0.2, 0.25) is 17.7 Å². The van der Waals surface area contributed by atoms with Crippen molar-refractivity contribution < 1.29 is 47.0 Å². The lowest BCUT2D eigenvalue weighted by Crippen LogP contribution is -2.49. The lowest BCUT2D eigenvalue weighted by molar-refractivity contribution is -0.138. The fourth-order valence-electron chi connectivity index (χ4n) is 11.5. The molecular formula is C55H61ClF2N6O8. The first-order valence-electron chi connectivity index (χ1n) is 25.1. The molecule has 3 saturated heterocycles. The molecular weight excluding hydrogens is 946 g/mol. The van der Waals surface area contributed by atoms with Gasteiger partial charge in [0.05, 0.1) is 24.2 Å². The minimum atomic E-state index is -1.14. The number of aliphatic imine (C=N–C) groups is 1. The Labute approximate surface area is 423 Å². The molecule has 4 aromatic carbocycles. The number of nitrogens with two attached hydrogens (primary N) is 1. The summed E-state index contributed by atoms with van der Waals surface area (Å²) < 4.78 is 49.7. The number of anilines is 1. The molecule has 3 N–H and O–H groups in total. The Morgan fingerprint density at radius 2 is 1.54 bits per heavy atom. The number of piperidine rings is 2. The van der Waals surface area contributed by atoms with Gasteiger partial charge in [-0.2, -0.15) is 0 Å². The maximum Gasteiger partial charge on any atom is 0.328 e. The third-order valence-corrected chi connectivity index (χ3v) is 16.0. The highest BCUT2D eigenvalue weighted by Gasteiger charge is 2.50. The summed E-state index contributed by atoms with van der Waals surface area (Å²) in [6, 6.07) is 19.8. The standard InChI is InChI=1S/C55H61ClF2N6O8/c1-33-47-44(29-42(57)50(56)49(47)48-41(52(59)67)16-17-43(70-2)51(48)58)72-55(33,38-6-4-3-5-7-38)32-60-30-36-8-10-37(11-9-36)53(68)63-25-20-35(21-26-63)28-34-18-23-62(24-19-34)46(66)31-71-40-14-12-39(13-15-40)64-27-22-45(65)61-54(64)69/h3-7,12-17,29-30,33-37H,8-11,18-28,31-32H2,1-2H3,(H2,59,67)(H,61,65,69)/t33-,36?,37?,55-/m0/s1. The fraction of sp³-hybridized carbons (Fsp3) is 0.455. The molecule has 14 nitrogen and oxygen atoms in total. The zero-order valence-corrected chi connectivity index (χ0v) is 41.4. The van der Waals surface area contributed by atoms with Gasteiger partial charge in [0, 0.05) is 85.6 Å². The van der Waals surface area contributed by atoms with Gasteiger partial charge < -0.3 is 29.7 Å². The van der Waals surface area contributed by atoms with Crippen LogP contribution in [0.5, 0.6) is 17.2 Å². The Hall–Kier alpha value is -6.55. The predicted octanol–water partition coefficient (Wildman–Crippen LogP) is 9.05. The van der Waals surface area contributed by atoms with Crippen molar-refractivity contribution in [2.24, 2.45) is 34.4 Å². The van der Waals surface area contributed by atoms with E-state index in [1.165, 1.54) is 30.2 Å². The Kier molecular flexibility index (Phi) is 15.2. The molecule has 4 aliphatic heterocycles. The second-order valence-corrected chi connectivity index (χ2v) is 20.3. The van der Waals surface area contributed by atoms with Crippen molar-refractivity contribution in [1.29, 1.82) is 0 Å². The summed E-state index contributed by atoms with van der Waals surface area (Å²) in [6.07, 6.45) is 10.3. The topological polar surface area (TPSA) is 173 Å². The van der Waals surface area contributed by atoms with Gasteiger partial charge >= 0.3 is 6.03 Å². The van der Waals surface area contributed by atoms with Crippen LogP contribution in [0.2, 0.25) is 5.02 Å². The molecule has 4 fully saturated rings. The number of hydrogen-bond donors (Lipinski definition) is 2. The number of amides is 6. The number of benzene rings is 4.